The Kier molecular flexibility index (Phi) is 34.6. The lowest BCUT2D eigenvalue weighted by atomic mass is 9.99. The highest BCUT2D eigenvalue weighted by Crippen LogP contribution is 2.23. The lowest BCUT2D eigenvalue weighted by Gasteiger charge is -2.40. The Morgan fingerprint density at radius 3 is 1.31 bits per heavy atom. The van der Waals surface area contributed by atoms with Crippen molar-refractivity contribution in [3.8, 4) is 0 Å². The molecule has 1 amide bonds. The Labute approximate surface area is 332 Å². The summed E-state index contributed by atoms with van der Waals surface area (Å²) in [6, 6.07) is -0.711. The fraction of sp³-hybridized carbons (Fsp3) is 0.978. The van der Waals surface area contributed by atoms with Crippen LogP contribution in [0.25, 0.3) is 0 Å². The van der Waals surface area contributed by atoms with Crippen LogP contribution in [0.2, 0.25) is 0 Å². The van der Waals surface area contributed by atoms with Crippen molar-refractivity contribution in [3.63, 3.8) is 0 Å². The van der Waals surface area contributed by atoms with Gasteiger partial charge in [0.2, 0.25) is 5.91 Å². The first-order valence-corrected chi connectivity index (χ1v) is 23.2. The third kappa shape index (κ3) is 26.9. The van der Waals surface area contributed by atoms with Gasteiger partial charge in [0.1, 0.15) is 24.4 Å². The number of unbranched alkanes of at least 4 members (excludes halogenated alkanes) is 29. The van der Waals surface area contributed by atoms with Crippen molar-refractivity contribution in [2.24, 2.45) is 0 Å². The van der Waals surface area contributed by atoms with Gasteiger partial charge in [-0.05, 0) is 12.8 Å². The van der Waals surface area contributed by atoms with Gasteiger partial charge in [-0.1, -0.05) is 206 Å². The number of hydrogen-bond acceptors (Lipinski definition) is 8. The van der Waals surface area contributed by atoms with E-state index in [-0.39, 0.29) is 12.5 Å². The number of aliphatic hydroxyl groups is 5. The topological polar surface area (TPSA) is 149 Å². The van der Waals surface area contributed by atoms with Gasteiger partial charge in [-0.3, -0.25) is 4.79 Å². The molecule has 1 rings (SSSR count). The molecule has 322 valence electrons. The second kappa shape index (κ2) is 36.5. The molecule has 1 heterocycles. The molecule has 1 aliphatic rings. The number of rotatable bonds is 39. The summed E-state index contributed by atoms with van der Waals surface area (Å²) in [5.41, 5.74) is 0. The highest BCUT2D eigenvalue weighted by molar-refractivity contribution is 5.76. The molecule has 0 radical (unpaired) electrons. The first-order chi connectivity index (χ1) is 26.3. The van der Waals surface area contributed by atoms with E-state index in [2.05, 4.69) is 19.2 Å². The number of amides is 1. The van der Waals surface area contributed by atoms with Crippen molar-refractivity contribution in [1.29, 1.82) is 0 Å². The molecule has 7 atom stereocenters. The van der Waals surface area contributed by atoms with Crippen LogP contribution in [-0.4, -0.2) is 87.5 Å². The quantitative estimate of drug-likeness (QED) is 0.0339. The van der Waals surface area contributed by atoms with E-state index in [1.165, 1.54) is 161 Å². The molecule has 6 N–H and O–H groups in total. The summed E-state index contributed by atoms with van der Waals surface area (Å²) in [5, 5.41) is 54.3. The van der Waals surface area contributed by atoms with Crippen LogP contribution in [0.3, 0.4) is 0 Å². The molecule has 0 aromatic rings. The van der Waals surface area contributed by atoms with Crippen LogP contribution in [0.15, 0.2) is 0 Å². The van der Waals surface area contributed by atoms with Crippen molar-refractivity contribution in [2.45, 2.75) is 269 Å². The number of carbonyl (C=O) groups is 1. The van der Waals surface area contributed by atoms with Crippen LogP contribution in [-0.2, 0) is 14.3 Å². The Morgan fingerprint density at radius 2 is 0.926 bits per heavy atom. The van der Waals surface area contributed by atoms with E-state index in [1.807, 2.05) is 0 Å². The molecule has 1 saturated heterocycles. The minimum Gasteiger partial charge on any atom is -0.394 e. The zero-order valence-corrected chi connectivity index (χ0v) is 35.3. The van der Waals surface area contributed by atoms with E-state index in [4.69, 9.17) is 9.47 Å². The lowest BCUT2D eigenvalue weighted by molar-refractivity contribution is -0.302. The number of ether oxygens (including phenoxy) is 2. The third-order valence-corrected chi connectivity index (χ3v) is 11.5. The number of nitrogens with one attached hydrogen (secondary N) is 1. The van der Waals surface area contributed by atoms with Gasteiger partial charge in [0.25, 0.3) is 0 Å². The third-order valence-electron chi connectivity index (χ3n) is 11.5. The van der Waals surface area contributed by atoms with Crippen molar-refractivity contribution in [2.75, 3.05) is 13.2 Å². The van der Waals surface area contributed by atoms with Gasteiger partial charge in [-0.2, -0.15) is 0 Å². The molecule has 0 aliphatic carbocycles. The van der Waals surface area contributed by atoms with Crippen LogP contribution in [0.5, 0.6) is 0 Å². The molecule has 0 aromatic carbocycles. The molecule has 0 saturated carbocycles. The number of aliphatic hydroxyl groups excluding tert-OH is 5. The van der Waals surface area contributed by atoms with Crippen LogP contribution in [0, 0.1) is 0 Å². The van der Waals surface area contributed by atoms with E-state index in [0.717, 1.165) is 38.5 Å². The normalized spacial score (nSPS) is 21.4. The molecule has 0 aromatic heterocycles. The standard InChI is InChI=1S/C45H89NO8/c1-3-5-7-9-11-13-15-17-19-20-21-22-24-26-28-30-32-34-39(48)38(37-53-45-44(52)43(51)42(50)40(36-47)54-45)46-41(49)35-33-31-29-27-25-23-18-16-14-12-10-8-6-4-2/h38-40,42-45,47-48,50-52H,3-37H2,1-2H3,(H,46,49)/t38-,39+,40+,42+,43?,44?,45+/m0/s1. The number of hydrogen-bond donors (Lipinski definition) is 6. The lowest BCUT2D eigenvalue weighted by Crippen LogP contribution is -2.60. The second-order valence-corrected chi connectivity index (χ2v) is 16.6. The first-order valence-electron chi connectivity index (χ1n) is 23.2. The molecule has 54 heavy (non-hydrogen) atoms. The largest absolute Gasteiger partial charge is 0.394 e. The van der Waals surface area contributed by atoms with Crippen LogP contribution < -0.4 is 5.32 Å². The zero-order chi connectivity index (χ0) is 39.5. The van der Waals surface area contributed by atoms with Crippen molar-refractivity contribution < 1.29 is 39.8 Å². The molecule has 1 aliphatic heterocycles. The average Bonchev–Trinajstić information content (AvgIpc) is 3.17. The van der Waals surface area contributed by atoms with Gasteiger partial charge < -0.3 is 40.3 Å². The highest BCUT2D eigenvalue weighted by atomic mass is 16.7. The summed E-state index contributed by atoms with van der Waals surface area (Å²) >= 11 is 0. The molecule has 2 unspecified atom stereocenters. The van der Waals surface area contributed by atoms with E-state index in [1.54, 1.807) is 0 Å². The molecular weight excluding hydrogens is 682 g/mol. The maximum Gasteiger partial charge on any atom is 0.220 e. The summed E-state index contributed by atoms with van der Waals surface area (Å²) in [7, 11) is 0. The summed E-state index contributed by atoms with van der Waals surface area (Å²) in [4.78, 5) is 13.0. The summed E-state index contributed by atoms with van der Waals surface area (Å²) in [6.07, 6.45) is 32.5. The smallest absolute Gasteiger partial charge is 0.220 e. The Balaban J connectivity index is 2.31. The molecular formula is C45H89NO8. The molecule has 9 heteroatoms. The van der Waals surface area contributed by atoms with Crippen LogP contribution in [0.1, 0.15) is 226 Å². The van der Waals surface area contributed by atoms with Crippen LogP contribution in [0.4, 0.5) is 0 Å². The molecule has 0 bridgehead atoms. The summed E-state index contributed by atoms with van der Waals surface area (Å²) < 4.78 is 11.3. The van der Waals surface area contributed by atoms with Gasteiger partial charge in [0.15, 0.2) is 6.29 Å². The van der Waals surface area contributed by atoms with Gasteiger partial charge in [-0.15, -0.1) is 0 Å². The minimum atomic E-state index is -1.55. The minimum absolute atomic E-state index is 0.132. The van der Waals surface area contributed by atoms with Gasteiger partial charge in [0.05, 0.1) is 25.4 Å². The van der Waals surface area contributed by atoms with Gasteiger partial charge in [0, 0.05) is 6.42 Å². The first kappa shape index (κ1) is 51.2. The highest BCUT2D eigenvalue weighted by Gasteiger charge is 2.44. The summed E-state index contributed by atoms with van der Waals surface area (Å²) in [6.45, 7) is 3.85. The Bertz CT molecular complexity index is 817. The average molecular weight is 772 g/mol. The predicted molar refractivity (Wildman–Crippen MR) is 221 cm³/mol. The molecule has 1 fully saturated rings. The van der Waals surface area contributed by atoms with E-state index in [9.17, 15) is 30.3 Å². The molecule has 9 nitrogen and oxygen atoms in total. The van der Waals surface area contributed by atoms with Crippen molar-refractivity contribution in [1.82, 2.24) is 5.32 Å². The number of carbonyl (C=O) groups excluding carboxylic acids is 1. The van der Waals surface area contributed by atoms with Crippen molar-refractivity contribution in [3.05, 3.63) is 0 Å². The molecule has 0 spiro atoms. The Morgan fingerprint density at radius 1 is 0.556 bits per heavy atom. The zero-order valence-electron chi connectivity index (χ0n) is 35.3. The predicted octanol–water partition coefficient (Wildman–Crippen LogP) is 9.56. The van der Waals surface area contributed by atoms with E-state index in [0.29, 0.717) is 12.8 Å². The van der Waals surface area contributed by atoms with E-state index < -0.39 is 49.5 Å². The maximum atomic E-state index is 13.0. The SMILES string of the molecule is CCCCCCCCCCCCCCCCCCC[C@@H](O)[C@H](CO[C@@H]1O[C@H](CO)[C@@H](O)C(O)C1O)NC(=O)CCCCCCCCCCCCCCCC. The Hall–Kier alpha value is -0.810. The maximum absolute atomic E-state index is 13.0. The fourth-order valence-corrected chi connectivity index (χ4v) is 7.69. The fourth-order valence-electron chi connectivity index (χ4n) is 7.69. The summed E-state index contributed by atoms with van der Waals surface area (Å²) in [5.74, 6) is -0.141. The van der Waals surface area contributed by atoms with Gasteiger partial charge >= 0.3 is 0 Å². The van der Waals surface area contributed by atoms with Gasteiger partial charge in [-0.25, -0.2) is 0 Å². The van der Waals surface area contributed by atoms with E-state index >= 15 is 0 Å². The van der Waals surface area contributed by atoms with Crippen LogP contribution >= 0.6 is 0 Å². The monoisotopic (exact) mass is 772 g/mol. The second-order valence-electron chi connectivity index (χ2n) is 16.6. The van der Waals surface area contributed by atoms with Crippen molar-refractivity contribution >= 4 is 5.91 Å².